The van der Waals surface area contributed by atoms with E-state index >= 15 is 0 Å². The molecule has 0 saturated carbocycles. The van der Waals surface area contributed by atoms with E-state index < -0.39 is 0 Å². The molecular formula is C20H26ClN5OS. The van der Waals surface area contributed by atoms with E-state index in [0.717, 1.165) is 58.8 Å². The molecule has 1 aliphatic heterocycles. The minimum absolute atomic E-state index is 0. The van der Waals surface area contributed by atoms with Gasteiger partial charge in [-0.15, -0.1) is 23.7 Å². The molecule has 150 valence electrons. The Bertz CT molecular complexity index is 896. The first-order chi connectivity index (χ1) is 13.1. The third-order valence-corrected chi connectivity index (χ3v) is 6.40. The quantitative estimate of drug-likeness (QED) is 0.702. The van der Waals surface area contributed by atoms with Crippen LogP contribution in [-0.2, 0) is 13.6 Å². The average Bonchev–Trinajstić information content (AvgIpc) is 3.10. The number of carbonyl (C=O) groups excluding carboxylic acids is 1. The Morgan fingerprint density at radius 3 is 2.96 bits per heavy atom. The van der Waals surface area contributed by atoms with Gasteiger partial charge in [0.25, 0.3) is 5.91 Å². The van der Waals surface area contributed by atoms with Crippen LogP contribution >= 0.6 is 23.7 Å². The third-order valence-electron chi connectivity index (χ3n) is 5.21. The van der Waals surface area contributed by atoms with Gasteiger partial charge in [0.05, 0.1) is 22.8 Å². The lowest BCUT2D eigenvalue weighted by atomic mass is 10.1. The predicted molar refractivity (Wildman–Crippen MR) is 115 cm³/mol. The molecule has 0 aromatic carbocycles. The summed E-state index contributed by atoms with van der Waals surface area (Å²) in [7, 11) is 1.93. The lowest BCUT2D eigenvalue weighted by Crippen LogP contribution is -2.40. The highest BCUT2D eigenvalue weighted by molar-refractivity contribution is 7.20. The second kappa shape index (κ2) is 9.03. The zero-order chi connectivity index (χ0) is 18.8. The first-order valence-corrected chi connectivity index (χ1v) is 10.3. The number of hydrogen-bond acceptors (Lipinski definition) is 5. The molecule has 1 atom stereocenters. The highest BCUT2D eigenvalue weighted by Gasteiger charge is 2.28. The summed E-state index contributed by atoms with van der Waals surface area (Å²) >= 11 is 1.53. The Hall–Kier alpha value is -1.96. The predicted octanol–water partition coefficient (Wildman–Crippen LogP) is 3.54. The van der Waals surface area contributed by atoms with E-state index in [4.69, 9.17) is 0 Å². The number of thiophene rings is 1. The zero-order valence-electron chi connectivity index (χ0n) is 16.2. The summed E-state index contributed by atoms with van der Waals surface area (Å²) in [5.41, 5.74) is 1.90. The van der Waals surface area contributed by atoms with Crippen LogP contribution in [0.3, 0.4) is 0 Å². The maximum atomic E-state index is 13.5. The summed E-state index contributed by atoms with van der Waals surface area (Å²) in [5.74, 6) is 0.105. The normalized spacial score (nSPS) is 17.1. The topological polar surface area (TPSA) is 63.1 Å². The second-order valence-electron chi connectivity index (χ2n) is 7.13. The van der Waals surface area contributed by atoms with Crippen molar-refractivity contribution in [3.8, 4) is 0 Å². The molecule has 8 heteroatoms. The molecule has 0 aliphatic carbocycles. The van der Waals surface area contributed by atoms with Gasteiger partial charge in [-0.2, -0.15) is 5.10 Å². The first-order valence-electron chi connectivity index (χ1n) is 9.48. The molecule has 4 heterocycles. The number of nitrogens with zero attached hydrogens (tertiary/aromatic N) is 4. The molecule has 3 aromatic rings. The summed E-state index contributed by atoms with van der Waals surface area (Å²) in [4.78, 5) is 21.8. The highest BCUT2D eigenvalue weighted by Crippen LogP contribution is 2.30. The number of hydrogen-bond donors (Lipinski definition) is 1. The Kier molecular flexibility index (Phi) is 6.69. The number of halogens is 1. The molecular weight excluding hydrogens is 394 g/mol. The van der Waals surface area contributed by atoms with Gasteiger partial charge in [-0.1, -0.05) is 6.07 Å². The minimum atomic E-state index is 0. The van der Waals surface area contributed by atoms with Gasteiger partial charge in [-0.3, -0.25) is 14.5 Å². The van der Waals surface area contributed by atoms with Gasteiger partial charge in [-0.05, 0) is 57.5 Å². The molecule has 0 spiro atoms. The molecule has 3 aromatic heterocycles. The van der Waals surface area contributed by atoms with Gasteiger partial charge in [0.15, 0.2) is 0 Å². The molecule has 0 radical (unpaired) electrons. The van der Waals surface area contributed by atoms with Crippen molar-refractivity contribution in [2.45, 2.75) is 38.8 Å². The number of amides is 1. The van der Waals surface area contributed by atoms with E-state index in [2.05, 4.69) is 15.4 Å². The van der Waals surface area contributed by atoms with Crippen LogP contribution in [0.1, 0.15) is 40.3 Å². The van der Waals surface area contributed by atoms with Crippen molar-refractivity contribution in [1.82, 2.24) is 25.0 Å². The van der Waals surface area contributed by atoms with E-state index in [9.17, 15) is 4.79 Å². The first kappa shape index (κ1) is 20.8. The van der Waals surface area contributed by atoms with Crippen molar-refractivity contribution in [2.75, 3.05) is 13.1 Å². The summed E-state index contributed by atoms with van der Waals surface area (Å²) in [5, 5.41) is 8.97. The van der Waals surface area contributed by atoms with E-state index in [-0.39, 0.29) is 24.4 Å². The fourth-order valence-electron chi connectivity index (χ4n) is 3.80. The van der Waals surface area contributed by atoms with Crippen LogP contribution in [0.4, 0.5) is 0 Å². The fourth-order valence-corrected chi connectivity index (χ4v) is 4.88. The smallest absolute Gasteiger partial charge is 0.264 e. The molecule has 4 rings (SSSR count). The molecule has 6 nitrogen and oxygen atoms in total. The lowest BCUT2D eigenvalue weighted by molar-refractivity contribution is 0.0647. The van der Waals surface area contributed by atoms with Crippen LogP contribution in [0, 0.1) is 6.92 Å². The van der Waals surface area contributed by atoms with Crippen molar-refractivity contribution in [1.29, 1.82) is 0 Å². The molecule has 1 aliphatic rings. The van der Waals surface area contributed by atoms with Crippen molar-refractivity contribution in [3.63, 3.8) is 0 Å². The summed E-state index contributed by atoms with van der Waals surface area (Å²) < 4.78 is 1.87. The number of carbonyl (C=O) groups is 1. The van der Waals surface area contributed by atoms with Crippen LogP contribution in [0.2, 0.25) is 0 Å². The van der Waals surface area contributed by atoms with Crippen molar-refractivity contribution in [3.05, 3.63) is 46.7 Å². The summed E-state index contributed by atoms with van der Waals surface area (Å²) in [6, 6.07) is 8.12. The molecule has 0 bridgehead atoms. The molecule has 1 unspecified atom stereocenters. The molecule has 1 amide bonds. The average molecular weight is 420 g/mol. The van der Waals surface area contributed by atoms with E-state index in [1.54, 1.807) is 6.20 Å². The van der Waals surface area contributed by atoms with Crippen LogP contribution in [0.5, 0.6) is 0 Å². The number of fused-ring (bicyclic) bond motifs is 1. The largest absolute Gasteiger partial charge is 0.329 e. The second-order valence-corrected chi connectivity index (χ2v) is 8.16. The molecule has 1 N–H and O–H groups in total. The third kappa shape index (κ3) is 4.21. The molecule has 1 saturated heterocycles. The van der Waals surface area contributed by atoms with Gasteiger partial charge in [0.2, 0.25) is 0 Å². The summed E-state index contributed by atoms with van der Waals surface area (Å²) in [6.07, 6.45) is 4.88. The van der Waals surface area contributed by atoms with Gasteiger partial charge in [0, 0.05) is 24.7 Å². The lowest BCUT2D eigenvalue weighted by Gasteiger charge is -2.30. The van der Waals surface area contributed by atoms with Crippen LogP contribution in [0.15, 0.2) is 30.5 Å². The number of aryl methyl sites for hydroxylation is 2. The van der Waals surface area contributed by atoms with Crippen molar-refractivity contribution < 1.29 is 4.79 Å². The van der Waals surface area contributed by atoms with E-state index in [1.165, 1.54) is 11.3 Å². The van der Waals surface area contributed by atoms with Crippen LogP contribution < -0.4 is 5.32 Å². The van der Waals surface area contributed by atoms with E-state index in [1.807, 2.05) is 47.8 Å². The Morgan fingerprint density at radius 2 is 2.21 bits per heavy atom. The maximum Gasteiger partial charge on any atom is 0.264 e. The number of nitrogens with one attached hydrogen (secondary N) is 1. The van der Waals surface area contributed by atoms with Crippen molar-refractivity contribution >= 4 is 39.9 Å². The zero-order valence-corrected chi connectivity index (χ0v) is 17.9. The van der Waals surface area contributed by atoms with Gasteiger partial charge in [0.1, 0.15) is 4.83 Å². The van der Waals surface area contributed by atoms with Gasteiger partial charge in [-0.25, -0.2) is 0 Å². The van der Waals surface area contributed by atoms with Crippen LogP contribution in [0.25, 0.3) is 10.2 Å². The fraction of sp³-hybridized carbons (Fsp3) is 0.450. The van der Waals surface area contributed by atoms with Gasteiger partial charge < -0.3 is 10.2 Å². The SMILES string of the molecule is Cc1nn(C)c2sc(C(=O)N(Cc3ccccn3)C3CCCNCC3)cc12.Cl. The minimum Gasteiger partial charge on any atom is -0.329 e. The number of pyridine rings is 1. The van der Waals surface area contributed by atoms with Crippen LogP contribution in [-0.4, -0.2) is 44.7 Å². The molecule has 28 heavy (non-hydrogen) atoms. The number of rotatable bonds is 4. The Labute approximate surface area is 175 Å². The standard InChI is InChI=1S/C20H25N5OS.ClH/c1-14-17-12-18(27-20(17)24(2)23-14)19(26)25(13-15-6-3-4-10-22-15)16-7-5-9-21-11-8-16;/h3-4,6,10,12,16,21H,5,7-9,11,13H2,1-2H3;1H. The Morgan fingerprint density at radius 1 is 1.36 bits per heavy atom. The highest BCUT2D eigenvalue weighted by atomic mass is 35.5. The number of aromatic nitrogens is 3. The monoisotopic (exact) mass is 419 g/mol. The maximum absolute atomic E-state index is 13.5. The summed E-state index contributed by atoms with van der Waals surface area (Å²) in [6.45, 7) is 4.52. The van der Waals surface area contributed by atoms with Crippen molar-refractivity contribution in [2.24, 2.45) is 7.05 Å². The Balaban J connectivity index is 0.00000225. The van der Waals surface area contributed by atoms with E-state index in [0.29, 0.717) is 6.54 Å². The van der Waals surface area contributed by atoms with Gasteiger partial charge >= 0.3 is 0 Å². The molecule has 1 fully saturated rings.